The Morgan fingerprint density at radius 2 is 1.82 bits per heavy atom. The normalized spacial score (nSPS) is 14.5. The van der Waals surface area contributed by atoms with Gasteiger partial charge in [-0.15, -0.1) is 0 Å². The Balaban J connectivity index is 4.29. The molecule has 0 aromatic rings. The molecule has 3 unspecified atom stereocenters. The van der Waals surface area contributed by atoms with Gasteiger partial charge in [0.15, 0.2) is 0 Å². The number of hydrogen-bond acceptors (Lipinski definition) is 5. The minimum atomic E-state index is -1.13. The van der Waals surface area contributed by atoms with Crippen molar-refractivity contribution in [1.29, 1.82) is 0 Å². The number of primary amides is 1. The summed E-state index contributed by atoms with van der Waals surface area (Å²) < 4.78 is 0. The highest BCUT2D eigenvalue weighted by Crippen LogP contribution is 2.07. The predicted octanol–water partition coefficient (Wildman–Crippen LogP) is -1.69. The summed E-state index contributed by atoms with van der Waals surface area (Å²) >= 11 is 0. The van der Waals surface area contributed by atoms with E-state index in [0.29, 0.717) is 6.42 Å². The third kappa shape index (κ3) is 7.58. The van der Waals surface area contributed by atoms with E-state index >= 15 is 0 Å². The summed E-state index contributed by atoms with van der Waals surface area (Å²) in [6.45, 7) is 3.13. The molecule has 0 aliphatic rings. The molecule has 0 rings (SSSR count). The first-order valence-corrected chi connectivity index (χ1v) is 7.02. The molecular formula is C13H24N4O5. The summed E-state index contributed by atoms with van der Waals surface area (Å²) in [4.78, 5) is 44.9. The minimum absolute atomic E-state index is 0.0319. The number of nitrogens with one attached hydrogen (secondary N) is 2. The Labute approximate surface area is 128 Å². The van der Waals surface area contributed by atoms with Gasteiger partial charge in [0.25, 0.3) is 0 Å². The summed E-state index contributed by atoms with van der Waals surface area (Å²) in [6.07, 6.45) is 0.630. The number of rotatable bonds is 10. The van der Waals surface area contributed by atoms with Gasteiger partial charge in [0.2, 0.25) is 17.7 Å². The van der Waals surface area contributed by atoms with Gasteiger partial charge in [-0.25, -0.2) is 4.79 Å². The minimum Gasteiger partial charge on any atom is -0.480 e. The van der Waals surface area contributed by atoms with Gasteiger partial charge in [-0.05, 0) is 12.3 Å². The molecule has 0 aromatic heterocycles. The lowest BCUT2D eigenvalue weighted by Gasteiger charge is -2.20. The lowest BCUT2D eigenvalue weighted by Crippen LogP contribution is -2.50. The molecular weight excluding hydrogens is 292 g/mol. The smallest absolute Gasteiger partial charge is 0.326 e. The fourth-order valence-corrected chi connectivity index (χ4v) is 1.63. The molecule has 0 fully saturated rings. The van der Waals surface area contributed by atoms with E-state index in [-0.39, 0.29) is 25.3 Å². The van der Waals surface area contributed by atoms with E-state index in [4.69, 9.17) is 16.6 Å². The zero-order valence-corrected chi connectivity index (χ0v) is 12.8. The van der Waals surface area contributed by atoms with E-state index in [1.54, 1.807) is 6.92 Å². The second-order valence-corrected chi connectivity index (χ2v) is 5.10. The number of aliphatic carboxylic acids is 1. The van der Waals surface area contributed by atoms with Crippen LogP contribution in [0.5, 0.6) is 0 Å². The van der Waals surface area contributed by atoms with Gasteiger partial charge in [0.1, 0.15) is 6.04 Å². The first-order chi connectivity index (χ1) is 10.2. The van der Waals surface area contributed by atoms with Crippen molar-refractivity contribution in [3.8, 4) is 0 Å². The number of hydrogen-bond donors (Lipinski definition) is 5. The molecule has 9 heteroatoms. The highest BCUT2D eigenvalue weighted by molar-refractivity contribution is 5.89. The first-order valence-electron chi connectivity index (χ1n) is 7.02. The van der Waals surface area contributed by atoms with Crippen molar-refractivity contribution in [3.05, 3.63) is 0 Å². The molecule has 0 saturated heterocycles. The molecule has 0 spiro atoms. The van der Waals surface area contributed by atoms with Gasteiger partial charge >= 0.3 is 5.97 Å². The highest BCUT2D eigenvalue weighted by Gasteiger charge is 2.25. The number of nitrogens with two attached hydrogens (primary N) is 2. The summed E-state index contributed by atoms with van der Waals surface area (Å²) in [7, 11) is 0. The summed E-state index contributed by atoms with van der Waals surface area (Å²) in [5.74, 6) is -3.17. The average Bonchev–Trinajstić information content (AvgIpc) is 2.46. The van der Waals surface area contributed by atoms with Crippen LogP contribution in [0.1, 0.15) is 33.1 Å². The van der Waals surface area contributed by atoms with Crippen LogP contribution in [0.3, 0.4) is 0 Å². The van der Waals surface area contributed by atoms with Crippen molar-refractivity contribution >= 4 is 23.7 Å². The van der Waals surface area contributed by atoms with Gasteiger partial charge in [-0.2, -0.15) is 0 Å². The van der Waals surface area contributed by atoms with E-state index in [2.05, 4.69) is 10.6 Å². The van der Waals surface area contributed by atoms with Crippen molar-refractivity contribution in [2.75, 3.05) is 6.54 Å². The molecule has 0 radical (unpaired) electrons. The average molecular weight is 316 g/mol. The molecule has 3 amide bonds. The monoisotopic (exact) mass is 316 g/mol. The lowest BCUT2D eigenvalue weighted by molar-refractivity contribution is -0.143. The fourth-order valence-electron chi connectivity index (χ4n) is 1.63. The van der Waals surface area contributed by atoms with Crippen molar-refractivity contribution in [2.45, 2.75) is 45.2 Å². The molecule has 9 nitrogen and oxygen atoms in total. The first kappa shape index (κ1) is 19.8. The number of carboxylic acids is 1. The number of amides is 3. The maximum atomic E-state index is 11.7. The molecule has 126 valence electrons. The summed E-state index contributed by atoms with van der Waals surface area (Å²) in [5.41, 5.74) is 10.5. The topological polar surface area (TPSA) is 165 Å². The van der Waals surface area contributed by atoms with Crippen molar-refractivity contribution in [2.24, 2.45) is 17.4 Å². The quantitative estimate of drug-likeness (QED) is 0.322. The van der Waals surface area contributed by atoms with Crippen LogP contribution < -0.4 is 22.1 Å². The molecule has 0 heterocycles. The van der Waals surface area contributed by atoms with E-state index in [1.165, 1.54) is 0 Å². The molecule has 0 aliphatic carbocycles. The molecule has 0 aliphatic heterocycles. The van der Waals surface area contributed by atoms with Gasteiger partial charge in [0, 0.05) is 6.42 Å². The van der Waals surface area contributed by atoms with E-state index < -0.39 is 35.8 Å². The number of carbonyl (C=O) groups is 4. The van der Waals surface area contributed by atoms with Crippen LogP contribution >= 0.6 is 0 Å². The molecule has 22 heavy (non-hydrogen) atoms. The van der Waals surface area contributed by atoms with Crippen LogP contribution in [0.4, 0.5) is 0 Å². The number of carbonyl (C=O) groups excluding carboxylic acids is 3. The molecule has 7 N–H and O–H groups in total. The van der Waals surface area contributed by atoms with E-state index in [1.807, 2.05) is 6.92 Å². The van der Waals surface area contributed by atoms with Crippen LogP contribution in [0.15, 0.2) is 0 Å². The predicted molar refractivity (Wildman–Crippen MR) is 78.4 cm³/mol. The maximum absolute atomic E-state index is 11.7. The van der Waals surface area contributed by atoms with Gasteiger partial charge in [-0.3, -0.25) is 14.4 Å². The Kier molecular flexibility index (Phi) is 8.76. The fraction of sp³-hybridized carbons (Fsp3) is 0.692. The van der Waals surface area contributed by atoms with E-state index in [0.717, 1.165) is 0 Å². The number of carboxylic acid groups (broad SMARTS) is 1. The van der Waals surface area contributed by atoms with Crippen molar-refractivity contribution < 1.29 is 24.3 Å². The third-order valence-electron chi connectivity index (χ3n) is 3.26. The zero-order valence-electron chi connectivity index (χ0n) is 12.8. The van der Waals surface area contributed by atoms with Gasteiger partial charge < -0.3 is 27.2 Å². The Morgan fingerprint density at radius 1 is 1.23 bits per heavy atom. The van der Waals surface area contributed by atoms with Crippen LogP contribution in [0, 0.1) is 5.92 Å². The lowest BCUT2D eigenvalue weighted by atomic mass is 9.99. The Hall–Kier alpha value is -2.16. The maximum Gasteiger partial charge on any atom is 0.326 e. The van der Waals surface area contributed by atoms with Crippen LogP contribution in [-0.2, 0) is 19.2 Å². The molecule has 0 saturated carbocycles. The van der Waals surface area contributed by atoms with Crippen LogP contribution in [0.2, 0.25) is 0 Å². The van der Waals surface area contributed by atoms with Crippen LogP contribution in [-0.4, -0.2) is 47.4 Å². The van der Waals surface area contributed by atoms with Gasteiger partial charge in [-0.1, -0.05) is 20.3 Å². The third-order valence-corrected chi connectivity index (χ3v) is 3.26. The summed E-state index contributed by atoms with van der Waals surface area (Å²) in [5, 5.41) is 13.7. The molecule has 3 atom stereocenters. The standard InChI is InChI=1S/C13H24N4O5/c1-3-7(2)11(13(21)22)17-10(19)6-16-12(20)8(14)4-5-9(15)18/h7-8,11H,3-6,14H2,1-2H3,(H2,15,18)(H,16,20)(H,17,19)(H,21,22). The van der Waals surface area contributed by atoms with Crippen molar-refractivity contribution in [3.63, 3.8) is 0 Å². The Morgan fingerprint density at radius 3 is 2.27 bits per heavy atom. The Bertz CT molecular complexity index is 427. The molecule has 0 bridgehead atoms. The highest BCUT2D eigenvalue weighted by atomic mass is 16.4. The molecule has 0 aromatic carbocycles. The van der Waals surface area contributed by atoms with Crippen LogP contribution in [0.25, 0.3) is 0 Å². The largest absolute Gasteiger partial charge is 0.480 e. The SMILES string of the molecule is CCC(C)C(NC(=O)CNC(=O)C(N)CCC(N)=O)C(=O)O. The van der Waals surface area contributed by atoms with Gasteiger partial charge in [0.05, 0.1) is 12.6 Å². The second-order valence-electron chi connectivity index (χ2n) is 5.10. The second kappa shape index (κ2) is 9.72. The van der Waals surface area contributed by atoms with Crippen molar-refractivity contribution in [1.82, 2.24) is 10.6 Å². The van der Waals surface area contributed by atoms with E-state index in [9.17, 15) is 19.2 Å². The zero-order chi connectivity index (χ0) is 17.3. The summed E-state index contributed by atoms with van der Waals surface area (Å²) in [6, 6.07) is -1.97.